The summed E-state index contributed by atoms with van der Waals surface area (Å²) < 4.78 is 9.34. The molecule has 0 unspecified atom stereocenters. The zero-order chi connectivity index (χ0) is 15.8. The highest BCUT2D eigenvalue weighted by Crippen LogP contribution is 2.15. The van der Waals surface area contributed by atoms with Crippen molar-refractivity contribution in [3.05, 3.63) is 23.4 Å². The first-order valence-electron chi connectivity index (χ1n) is 6.23. The summed E-state index contributed by atoms with van der Waals surface area (Å²) in [6.45, 7) is 9.90. The van der Waals surface area contributed by atoms with E-state index in [0.29, 0.717) is 18.6 Å². The Bertz CT molecular complexity index is 453. The van der Waals surface area contributed by atoms with Gasteiger partial charge in [-0.05, 0) is 46.8 Å². The third-order valence-electron chi connectivity index (χ3n) is 1.92. The van der Waals surface area contributed by atoms with Crippen LogP contribution in [0.25, 0.3) is 0 Å². The van der Waals surface area contributed by atoms with Gasteiger partial charge >= 0.3 is 5.97 Å². The Morgan fingerprint density at radius 2 is 2.00 bits per heavy atom. The average molecular weight is 282 g/mol. The number of pyridine rings is 1. The van der Waals surface area contributed by atoms with Gasteiger partial charge in [-0.2, -0.15) is 0 Å². The fourth-order valence-corrected chi connectivity index (χ4v) is 1.15. The van der Waals surface area contributed by atoms with Crippen LogP contribution in [-0.2, 0) is 14.3 Å². The summed E-state index contributed by atoms with van der Waals surface area (Å²) in [6, 6.07) is 3.36. The molecule has 20 heavy (non-hydrogen) atoms. The molecule has 0 aromatic carbocycles. The van der Waals surface area contributed by atoms with E-state index in [-0.39, 0.29) is 5.82 Å². The number of carbonyl (C=O) groups excluding carboxylic acids is 2. The fraction of sp³-hybridized carbons (Fsp3) is 0.500. The van der Waals surface area contributed by atoms with Crippen LogP contribution in [0.3, 0.4) is 0 Å². The van der Waals surface area contributed by atoms with Crippen LogP contribution < -0.4 is 5.73 Å². The van der Waals surface area contributed by atoms with Crippen LogP contribution in [0.15, 0.2) is 12.1 Å². The van der Waals surface area contributed by atoms with Crippen LogP contribution in [0.5, 0.6) is 0 Å². The van der Waals surface area contributed by atoms with E-state index in [1.54, 1.807) is 19.1 Å². The molecule has 0 spiro atoms. The first kappa shape index (κ1) is 17.9. The van der Waals surface area contributed by atoms with Crippen LogP contribution >= 0.6 is 0 Å². The number of rotatable bonds is 3. The van der Waals surface area contributed by atoms with E-state index < -0.39 is 11.6 Å². The molecule has 112 valence electrons. The van der Waals surface area contributed by atoms with E-state index in [4.69, 9.17) is 10.5 Å². The minimum absolute atomic E-state index is 0.212. The van der Waals surface area contributed by atoms with Crippen molar-refractivity contribution in [3.63, 3.8) is 0 Å². The molecule has 2 N–H and O–H groups in total. The molecule has 0 fully saturated rings. The minimum atomic E-state index is -0.519. The maximum atomic E-state index is 11.7. The highest BCUT2D eigenvalue weighted by molar-refractivity contribution is 5.94. The number of hydrogen-bond donors (Lipinski definition) is 1. The Kier molecular flexibility index (Phi) is 7.28. The smallest absolute Gasteiger partial charge is 0.342 e. The lowest BCUT2D eigenvalue weighted by Gasteiger charge is -2.19. The number of aromatic nitrogens is 1. The quantitative estimate of drug-likeness (QED) is 0.674. The zero-order valence-electron chi connectivity index (χ0n) is 12.6. The minimum Gasteiger partial charge on any atom is -0.468 e. The summed E-state index contributed by atoms with van der Waals surface area (Å²) in [4.78, 5) is 24.8. The standard InChI is InChI=1S/C11H16N2O2.C3H6O2/c1-7-5-6-8(9(12)13-7)10(14)15-11(2,3)4;1-2-5-3-4/h5-6H,1-4H3,(H2,12,13);3H,2H2,1H3. The molecule has 0 radical (unpaired) electrons. The van der Waals surface area contributed by atoms with Crippen LogP contribution in [0.4, 0.5) is 5.82 Å². The predicted molar refractivity (Wildman–Crippen MR) is 76.2 cm³/mol. The summed E-state index contributed by atoms with van der Waals surface area (Å²) in [7, 11) is 0. The van der Waals surface area contributed by atoms with Crippen molar-refractivity contribution in [3.8, 4) is 0 Å². The van der Waals surface area contributed by atoms with Crippen molar-refractivity contribution in [2.24, 2.45) is 0 Å². The molecular formula is C14H22N2O4. The molecule has 1 heterocycles. The van der Waals surface area contributed by atoms with E-state index in [1.165, 1.54) is 0 Å². The van der Waals surface area contributed by atoms with Gasteiger partial charge in [-0.3, -0.25) is 4.79 Å². The molecule has 0 saturated carbocycles. The monoisotopic (exact) mass is 282 g/mol. The second kappa shape index (κ2) is 8.14. The van der Waals surface area contributed by atoms with E-state index >= 15 is 0 Å². The Balaban J connectivity index is 0.000000621. The van der Waals surface area contributed by atoms with Gasteiger partial charge in [0.1, 0.15) is 17.0 Å². The maximum absolute atomic E-state index is 11.7. The zero-order valence-corrected chi connectivity index (χ0v) is 12.6. The molecule has 0 aliphatic heterocycles. The van der Waals surface area contributed by atoms with Gasteiger partial charge in [0.25, 0.3) is 6.47 Å². The van der Waals surface area contributed by atoms with Crippen molar-refractivity contribution < 1.29 is 19.1 Å². The molecule has 1 aromatic heterocycles. The van der Waals surface area contributed by atoms with Crippen molar-refractivity contribution in [1.29, 1.82) is 0 Å². The summed E-state index contributed by atoms with van der Waals surface area (Å²) in [6.07, 6.45) is 0. The molecule has 0 bridgehead atoms. The molecule has 0 saturated heterocycles. The van der Waals surface area contributed by atoms with E-state index in [2.05, 4.69) is 9.72 Å². The third kappa shape index (κ3) is 7.35. The van der Waals surface area contributed by atoms with Gasteiger partial charge in [0.05, 0.1) is 6.61 Å². The largest absolute Gasteiger partial charge is 0.468 e. The highest BCUT2D eigenvalue weighted by atomic mass is 16.6. The van der Waals surface area contributed by atoms with Crippen LogP contribution in [0, 0.1) is 6.92 Å². The molecule has 0 aliphatic carbocycles. The number of carbonyl (C=O) groups is 2. The van der Waals surface area contributed by atoms with Gasteiger partial charge in [-0.25, -0.2) is 9.78 Å². The van der Waals surface area contributed by atoms with Gasteiger partial charge in [0, 0.05) is 5.69 Å². The van der Waals surface area contributed by atoms with Gasteiger partial charge in [-0.1, -0.05) is 0 Å². The Hall–Kier alpha value is -2.11. The first-order valence-corrected chi connectivity index (χ1v) is 6.23. The number of nitrogens with two attached hydrogens (primary N) is 1. The number of nitrogen functional groups attached to an aromatic ring is 1. The second-order valence-corrected chi connectivity index (χ2v) is 4.94. The molecule has 1 rings (SSSR count). The Morgan fingerprint density at radius 3 is 2.35 bits per heavy atom. The highest BCUT2D eigenvalue weighted by Gasteiger charge is 2.19. The van der Waals surface area contributed by atoms with Gasteiger partial charge < -0.3 is 15.2 Å². The molecular weight excluding hydrogens is 260 g/mol. The number of anilines is 1. The van der Waals surface area contributed by atoms with Gasteiger partial charge in [-0.15, -0.1) is 0 Å². The molecule has 1 aromatic rings. The van der Waals surface area contributed by atoms with Crippen molar-refractivity contribution in [1.82, 2.24) is 4.98 Å². The number of ether oxygens (including phenoxy) is 2. The maximum Gasteiger partial charge on any atom is 0.342 e. The van der Waals surface area contributed by atoms with E-state index in [9.17, 15) is 9.59 Å². The van der Waals surface area contributed by atoms with E-state index in [1.807, 2.05) is 27.7 Å². The number of esters is 1. The fourth-order valence-electron chi connectivity index (χ4n) is 1.15. The molecule has 0 amide bonds. The van der Waals surface area contributed by atoms with Gasteiger partial charge in [0.15, 0.2) is 0 Å². The summed E-state index contributed by atoms with van der Waals surface area (Å²) >= 11 is 0. The lowest BCUT2D eigenvalue weighted by atomic mass is 10.2. The van der Waals surface area contributed by atoms with Gasteiger partial charge in [0.2, 0.25) is 0 Å². The van der Waals surface area contributed by atoms with Crippen molar-refractivity contribution >= 4 is 18.3 Å². The number of hydrogen-bond acceptors (Lipinski definition) is 6. The topological polar surface area (TPSA) is 91.5 Å². The lowest BCUT2D eigenvalue weighted by Crippen LogP contribution is -2.24. The van der Waals surface area contributed by atoms with Crippen molar-refractivity contribution in [2.45, 2.75) is 40.2 Å². The molecule has 6 heteroatoms. The van der Waals surface area contributed by atoms with Crippen LogP contribution in [0.2, 0.25) is 0 Å². The number of aryl methyl sites for hydroxylation is 1. The summed E-state index contributed by atoms with van der Waals surface area (Å²) in [5, 5.41) is 0. The Morgan fingerprint density at radius 1 is 1.40 bits per heavy atom. The average Bonchev–Trinajstić information content (AvgIpc) is 2.28. The predicted octanol–water partition coefficient (Wildman–Crippen LogP) is 2.11. The summed E-state index contributed by atoms with van der Waals surface area (Å²) in [5.74, 6) is -0.225. The Labute approximate surface area is 119 Å². The summed E-state index contributed by atoms with van der Waals surface area (Å²) in [5.41, 5.74) is 6.20. The second-order valence-electron chi connectivity index (χ2n) is 4.94. The van der Waals surface area contributed by atoms with Crippen LogP contribution in [0.1, 0.15) is 43.7 Å². The lowest BCUT2D eigenvalue weighted by molar-refractivity contribution is -0.128. The van der Waals surface area contributed by atoms with Crippen LogP contribution in [-0.4, -0.2) is 29.6 Å². The number of nitrogens with zero attached hydrogens (tertiary/aromatic N) is 1. The van der Waals surface area contributed by atoms with E-state index in [0.717, 1.165) is 5.69 Å². The van der Waals surface area contributed by atoms with Crippen molar-refractivity contribution in [2.75, 3.05) is 12.3 Å². The molecule has 0 aliphatic rings. The molecule has 6 nitrogen and oxygen atoms in total. The third-order valence-corrected chi connectivity index (χ3v) is 1.92. The molecule has 0 atom stereocenters. The SMILES string of the molecule is CCOC=O.Cc1ccc(C(=O)OC(C)(C)C)c(N)n1. The normalized spacial score (nSPS) is 10.1. The first-order chi connectivity index (χ1) is 9.21.